The maximum atomic E-state index is 10.3. The highest BCUT2D eigenvalue weighted by Gasteiger charge is 2.14. The van der Waals surface area contributed by atoms with Crippen LogP contribution in [0.4, 0.5) is 0 Å². The van der Waals surface area contributed by atoms with Gasteiger partial charge in [0.1, 0.15) is 0 Å². The van der Waals surface area contributed by atoms with Crippen LogP contribution in [-0.4, -0.2) is 41.9 Å². The number of nitrogens with zero attached hydrogens (tertiary/aromatic N) is 1. The van der Waals surface area contributed by atoms with E-state index in [2.05, 4.69) is 22.5 Å². The fourth-order valence-corrected chi connectivity index (χ4v) is 0.490. The predicted molar refractivity (Wildman–Crippen MR) is 54.8 cm³/mol. The lowest BCUT2D eigenvalue weighted by molar-refractivity contribution is -0.133. The third-order valence-corrected chi connectivity index (χ3v) is 1.55. The quantitative estimate of drug-likeness (QED) is 0.599. The number of hydrogen-bond donors (Lipinski definition) is 1. The van der Waals surface area contributed by atoms with E-state index >= 15 is 0 Å². The minimum absolute atomic E-state index is 0.0995. The average Bonchev–Trinajstić information content (AvgIpc) is 2.05. The summed E-state index contributed by atoms with van der Waals surface area (Å²) >= 11 is 2.94. The first-order valence-corrected chi connectivity index (χ1v) is 5.01. The Morgan fingerprint density at radius 2 is 1.83 bits per heavy atom. The molecule has 0 aliphatic carbocycles. The molecule has 4 heteroatoms. The van der Waals surface area contributed by atoms with Crippen molar-refractivity contribution >= 4 is 21.9 Å². The van der Waals surface area contributed by atoms with Gasteiger partial charge in [-0.2, -0.15) is 0 Å². The highest BCUT2D eigenvalue weighted by Crippen LogP contribution is 2.03. The number of aliphatic carboxylic acids is 1. The summed E-state index contributed by atoms with van der Waals surface area (Å²) in [7, 11) is 3.64. The summed E-state index contributed by atoms with van der Waals surface area (Å²) in [4.78, 5) is 12.1. The van der Waals surface area contributed by atoms with Crippen molar-refractivity contribution in [3.63, 3.8) is 0 Å². The third kappa shape index (κ3) is 5.32. The Kier molecular flexibility index (Phi) is 8.64. The van der Waals surface area contributed by atoms with Crippen molar-refractivity contribution in [1.29, 1.82) is 0 Å². The topological polar surface area (TPSA) is 40.5 Å². The Balaban J connectivity index is 0. The summed E-state index contributed by atoms with van der Waals surface area (Å²) < 4.78 is 0. The van der Waals surface area contributed by atoms with Crippen LogP contribution in [0.25, 0.3) is 0 Å². The van der Waals surface area contributed by atoms with Crippen molar-refractivity contribution < 1.29 is 9.90 Å². The summed E-state index contributed by atoms with van der Waals surface area (Å²) in [6.45, 7) is 5.24. The first kappa shape index (κ1) is 14.2. The van der Waals surface area contributed by atoms with E-state index in [9.17, 15) is 4.79 Å². The molecule has 1 N–H and O–H groups in total. The molecule has 72 valence electrons. The van der Waals surface area contributed by atoms with E-state index in [1.807, 2.05) is 19.9 Å². The molecule has 3 nitrogen and oxygen atoms in total. The van der Waals surface area contributed by atoms with Crippen molar-refractivity contribution in [2.24, 2.45) is 0 Å². The van der Waals surface area contributed by atoms with Gasteiger partial charge in [-0.3, -0.25) is 0 Å². The largest absolute Gasteiger partial charge is 0.478 e. The number of carboxylic acid groups (broad SMARTS) is 1. The number of halogens is 1. The van der Waals surface area contributed by atoms with Gasteiger partial charge in [-0.25, -0.2) is 4.79 Å². The van der Waals surface area contributed by atoms with Crippen molar-refractivity contribution in [2.75, 3.05) is 19.9 Å². The van der Waals surface area contributed by atoms with Gasteiger partial charge < -0.3 is 10.0 Å². The Hall–Kier alpha value is -0.350. The lowest BCUT2D eigenvalue weighted by Gasteiger charge is -2.18. The highest BCUT2D eigenvalue weighted by molar-refractivity contribution is 9.08. The summed E-state index contributed by atoms with van der Waals surface area (Å²) in [6, 6.07) is -0.0995. The summed E-state index contributed by atoms with van der Waals surface area (Å²) in [5.74, 6) is 0.883. The summed E-state index contributed by atoms with van der Waals surface area (Å²) in [6.07, 6.45) is 0. The SMILES string of the molecule is C=C(C(=O)O)C(C)N(C)C.CBr. The van der Waals surface area contributed by atoms with Gasteiger partial charge >= 0.3 is 5.97 Å². The van der Waals surface area contributed by atoms with Gasteiger partial charge in [0.15, 0.2) is 0 Å². The Labute approximate surface area is 82.2 Å². The van der Waals surface area contributed by atoms with Crippen LogP contribution in [-0.2, 0) is 4.79 Å². The second-order valence-corrected chi connectivity index (χ2v) is 2.47. The number of rotatable bonds is 3. The molecule has 0 aromatic heterocycles. The Morgan fingerprint density at radius 1 is 1.50 bits per heavy atom. The van der Waals surface area contributed by atoms with Crippen molar-refractivity contribution in [1.82, 2.24) is 4.90 Å². The van der Waals surface area contributed by atoms with E-state index in [1.54, 1.807) is 11.8 Å². The Bertz CT molecular complexity index is 157. The number of likely N-dealkylation sites (N-methyl/N-ethyl adjacent to an activating group) is 1. The maximum absolute atomic E-state index is 10.3. The van der Waals surface area contributed by atoms with Crippen LogP contribution >= 0.6 is 15.9 Å². The fourth-order valence-electron chi connectivity index (χ4n) is 0.490. The van der Waals surface area contributed by atoms with Crippen LogP contribution in [0.1, 0.15) is 6.92 Å². The second-order valence-electron chi connectivity index (χ2n) is 2.47. The first-order chi connectivity index (χ1) is 5.46. The minimum atomic E-state index is -0.929. The maximum Gasteiger partial charge on any atom is 0.332 e. The molecule has 1 unspecified atom stereocenters. The van der Waals surface area contributed by atoms with Crippen LogP contribution in [0, 0.1) is 0 Å². The molecule has 0 aliphatic heterocycles. The average molecular weight is 238 g/mol. The van der Waals surface area contributed by atoms with Crippen LogP contribution in [0.15, 0.2) is 12.2 Å². The van der Waals surface area contributed by atoms with Gasteiger partial charge in [0.25, 0.3) is 0 Å². The van der Waals surface area contributed by atoms with E-state index in [0.29, 0.717) is 0 Å². The van der Waals surface area contributed by atoms with Crippen LogP contribution in [0.2, 0.25) is 0 Å². The molecule has 0 fully saturated rings. The van der Waals surface area contributed by atoms with Gasteiger partial charge in [-0.15, -0.1) is 0 Å². The van der Waals surface area contributed by atoms with Crippen LogP contribution in [0.3, 0.4) is 0 Å². The molecule has 0 aromatic rings. The molecule has 0 aromatic carbocycles. The number of hydrogen-bond acceptors (Lipinski definition) is 2. The number of carbonyl (C=O) groups is 1. The highest BCUT2D eigenvalue weighted by atomic mass is 79.9. The molecule has 0 saturated heterocycles. The molecule has 0 rings (SSSR count). The molecule has 0 saturated carbocycles. The number of carboxylic acids is 1. The molecule has 0 heterocycles. The summed E-state index contributed by atoms with van der Waals surface area (Å²) in [5, 5.41) is 8.48. The minimum Gasteiger partial charge on any atom is -0.478 e. The molecule has 12 heavy (non-hydrogen) atoms. The fraction of sp³-hybridized carbons (Fsp3) is 0.625. The Morgan fingerprint density at radius 3 is 1.92 bits per heavy atom. The van der Waals surface area contributed by atoms with Gasteiger partial charge in [-0.05, 0) is 26.9 Å². The zero-order chi connectivity index (χ0) is 10.3. The molecule has 0 amide bonds. The van der Waals surface area contributed by atoms with Crippen molar-refractivity contribution in [3.8, 4) is 0 Å². The molecule has 1 atom stereocenters. The second kappa shape index (κ2) is 7.31. The monoisotopic (exact) mass is 237 g/mol. The van der Waals surface area contributed by atoms with E-state index in [4.69, 9.17) is 5.11 Å². The first-order valence-electron chi connectivity index (χ1n) is 3.43. The predicted octanol–water partition coefficient (Wildman–Crippen LogP) is 1.59. The van der Waals surface area contributed by atoms with E-state index < -0.39 is 5.97 Å². The summed E-state index contributed by atoms with van der Waals surface area (Å²) in [5.41, 5.74) is 0.227. The molecule has 0 bridgehead atoms. The van der Waals surface area contributed by atoms with E-state index in [-0.39, 0.29) is 11.6 Å². The lowest BCUT2D eigenvalue weighted by atomic mass is 10.1. The molecule has 0 radical (unpaired) electrons. The van der Waals surface area contributed by atoms with Crippen LogP contribution < -0.4 is 0 Å². The molecule has 0 spiro atoms. The van der Waals surface area contributed by atoms with Crippen molar-refractivity contribution in [3.05, 3.63) is 12.2 Å². The van der Waals surface area contributed by atoms with Gasteiger partial charge in [0.05, 0.1) is 0 Å². The normalized spacial score (nSPS) is 11.5. The van der Waals surface area contributed by atoms with Gasteiger partial charge in [0.2, 0.25) is 0 Å². The van der Waals surface area contributed by atoms with Gasteiger partial charge in [-0.1, -0.05) is 22.5 Å². The zero-order valence-electron chi connectivity index (χ0n) is 7.97. The van der Waals surface area contributed by atoms with E-state index in [1.165, 1.54) is 0 Å². The lowest BCUT2D eigenvalue weighted by Crippen LogP contribution is -2.29. The van der Waals surface area contributed by atoms with E-state index in [0.717, 1.165) is 0 Å². The molecular weight excluding hydrogens is 222 g/mol. The van der Waals surface area contributed by atoms with Crippen molar-refractivity contribution in [2.45, 2.75) is 13.0 Å². The zero-order valence-corrected chi connectivity index (χ0v) is 9.55. The van der Waals surface area contributed by atoms with Gasteiger partial charge in [0, 0.05) is 11.6 Å². The smallest absolute Gasteiger partial charge is 0.332 e. The van der Waals surface area contributed by atoms with Crippen LogP contribution in [0.5, 0.6) is 0 Å². The standard InChI is InChI=1S/C7H13NO2.CH3Br/c1-5(7(9)10)6(2)8(3)4;1-2/h6H,1H2,2-4H3,(H,9,10);1H3. The number of alkyl halides is 1. The molecule has 0 aliphatic rings. The molecular formula is C8H16BrNO2. The third-order valence-electron chi connectivity index (χ3n) is 1.55.